The third kappa shape index (κ3) is 3.58. The van der Waals surface area contributed by atoms with Crippen LogP contribution in [0.1, 0.15) is 51.5 Å². The molecule has 0 aromatic heterocycles. The lowest BCUT2D eigenvalue weighted by molar-refractivity contribution is 0.154. The van der Waals surface area contributed by atoms with Crippen molar-refractivity contribution in [2.75, 3.05) is 0 Å². The molecule has 1 unspecified atom stereocenters. The monoisotopic (exact) mass is 278 g/mol. The summed E-state index contributed by atoms with van der Waals surface area (Å²) in [6.07, 6.45) is 7.19. The van der Waals surface area contributed by atoms with E-state index in [-0.39, 0.29) is 11.9 Å². The molecular formula is C17H27FN2. The Morgan fingerprint density at radius 3 is 2.30 bits per heavy atom. The van der Waals surface area contributed by atoms with Gasteiger partial charge in [0, 0.05) is 6.04 Å². The first-order valence-electron chi connectivity index (χ1n) is 7.76. The molecule has 0 bridgehead atoms. The summed E-state index contributed by atoms with van der Waals surface area (Å²) in [5, 5.41) is 0. The summed E-state index contributed by atoms with van der Waals surface area (Å²) >= 11 is 0. The molecule has 1 aliphatic rings. The van der Waals surface area contributed by atoms with Gasteiger partial charge < -0.3 is 0 Å². The minimum Gasteiger partial charge on any atom is -0.271 e. The summed E-state index contributed by atoms with van der Waals surface area (Å²) in [6.45, 7) is 4.57. The summed E-state index contributed by atoms with van der Waals surface area (Å²) in [5.74, 6) is 6.37. The number of hydrazine groups is 1. The fraction of sp³-hybridized carbons (Fsp3) is 0.647. The Balaban J connectivity index is 2.14. The van der Waals surface area contributed by atoms with Crippen molar-refractivity contribution >= 4 is 0 Å². The Kier molecular flexibility index (Phi) is 5.17. The van der Waals surface area contributed by atoms with Crippen molar-refractivity contribution in [3.63, 3.8) is 0 Å². The van der Waals surface area contributed by atoms with Crippen LogP contribution < -0.4 is 11.3 Å². The van der Waals surface area contributed by atoms with E-state index in [1.54, 1.807) is 0 Å². The highest BCUT2D eigenvalue weighted by Crippen LogP contribution is 2.46. The van der Waals surface area contributed by atoms with Gasteiger partial charge in [-0.05, 0) is 54.7 Å². The van der Waals surface area contributed by atoms with Crippen molar-refractivity contribution in [3.8, 4) is 0 Å². The molecule has 1 aromatic rings. The molecule has 0 spiro atoms. The highest BCUT2D eigenvalue weighted by molar-refractivity contribution is 5.18. The van der Waals surface area contributed by atoms with Crippen LogP contribution in [-0.4, -0.2) is 6.04 Å². The summed E-state index contributed by atoms with van der Waals surface area (Å²) < 4.78 is 13.0. The third-order valence-electron chi connectivity index (χ3n) is 4.71. The van der Waals surface area contributed by atoms with E-state index >= 15 is 0 Å². The molecule has 0 aliphatic heterocycles. The van der Waals surface area contributed by atoms with Crippen LogP contribution in [-0.2, 0) is 6.42 Å². The van der Waals surface area contributed by atoms with E-state index in [0.717, 1.165) is 12.0 Å². The molecule has 0 radical (unpaired) electrons. The Labute approximate surface area is 121 Å². The molecule has 0 saturated heterocycles. The maximum Gasteiger partial charge on any atom is 0.123 e. The average Bonchev–Trinajstić information content (AvgIpc) is 2.86. The molecule has 1 saturated carbocycles. The average molecular weight is 278 g/mol. The molecule has 1 fully saturated rings. The quantitative estimate of drug-likeness (QED) is 0.613. The summed E-state index contributed by atoms with van der Waals surface area (Å²) in [4.78, 5) is 0. The minimum absolute atomic E-state index is 0.177. The molecule has 0 heterocycles. The maximum atomic E-state index is 13.0. The van der Waals surface area contributed by atoms with Gasteiger partial charge >= 0.3 is 0 Å². The number of benzene rings is 1. The highest BCUT2D eigenvalue weighted by Gasteiger charge is 2.41. The minimum atomic E-state index is -0.177. The predicted molar refractivity (Wildman–Crippen MR) is 81.6 cm³/mol. The van der Waals surface area contributed by atoms with Gasteiger partial charge in [0.15, 0.2) is 0 Å². The lowest BCUT2D eigenvalue weighted by atomic mass is 9.71. The van der Waals surface area contributed by atoms with Crippen molar-refractivity contribution in [2.45, 2.75) is 58.4 Å². The number of nitrogens with two attached hydrogens (primary N) is 1. The molecule has 2 nitrogen and oxygen atoms in total. The van der Waals surface area contributed by atoms with Crippen LogP contribution in [0.4, 0.5) is 4.39 Å². The number of hydrogen-bond acceptors (Lipinski definition) is 2. The first-order chi connectivity index (χ1) is 9.55. The van der Waals surface area contributed by atoms with Crippen molar-refractivity contribution in [3.05, 3.63) is 35.6 Å². The first-order valence-corrected chi connectivity index (χ1v) is 7.76. The number of rotatable bonds is 6. The van der Waals surface area contributed by atoms with Crippen LogP contribution in [0.3, 0.4) is 0 Å². The highest BCUT2D eigenvalue weighted by atomic mass is 19.1. The van der Waals surface area contributed by atoms with Gasteiger partial charge in [-0.2, -0.15) is 0 Å². The van der Waals surface area contributed by atoms with Gasteiger partial charge in [-0.3, -0.25) is 11.3 Å². The third-order valence-corrected chi connectivity index (χ3v) is 4.71. The Morgan fingerprint density at radius 1 is 1.20 bits per heavy atom. The second-order valence-corrected chi connectivity index (χ2v) is 6.72. The summed E-state index contributed by atoms with van der Waals surface area (Å²) in [5.41, 5.74) is 4.52. The van der Waals surface area contributed by atoms with E-state index < -0.39 is 0 Å². The Hall–Kier alpha value is -0.930. The fourth-order valence-electron chi connectivity index (χ4n) is 3.90. The number of halogens is 1. The fourth-order valence-corrected chi connectivity index (χ4v) is 3.90. The SMILES string of the molecule is CC(C)CC1(C(Cc2ccc(F)cc2)NN)CCCC1. The van der Waals surface area contributed by atoms with Gasteiger partial charge in [-0.15, -0.1) is 0 Å². The van der Waals surface area contributed by atoms with Gasteiger partial charge in [0.05, 0.1) is 0 Å². The lowest BCUT2D eigenvalue weighted by Crippen LogP contribution is -2.49. The standard InChI is InChI=1S/C17H27FN2/c1-13(2)12-17(9-3-4-10-17)16(20-19)11-14-5-7-15(18)8-6-14/h5-8,13,16,20H,3-4,9-12,19H2,1-2H3. The zero-order valence-electron chi connectivity index (χ0n) is 12.7. The zero-order valence-corrected chi connectivity index (χ0v) is 12.7. The van der Waals surface area contributed by atoms with Crippen LogP contribution in [0.15, 0.2) is 24.3 Å². The Morgan fingerprint density at radius 2 is 1.80 bits per heavy atom. The molecular weight excluding hydrogens is 251 g/mol. The second-order valence-electron chi connectivity index (χ2n) is 6.72. The smallest absolute Gasteiger partial charge is 0.123 e. The van der Waals surface area contributed by atoms with Gasteiger partial charge in [-0.25, -0.2) is 4.39 Å². The van der Waals surface area contributed by atoms with Crippen molar-refractivity contribution in [1.82, 2.24) is 5.43 Å². The predicted octanol–water partition coefficient (Wildman–Crippen LogP) is 3.81. The lowest BCUT2D eigenvalue weighted by Gasteiger charge is -2.39. The van der Waals surface area contributed by atoms with E-state index in [1.807, 2.05) is 12.1 Å². The van der Waals surface area contributed by atoms with Gasteiger partial charge in [0.1, 0.15) is 5.82 Å². The zero-order chi connectivity index (χ0) is 14.6. The van der Waals surface area contributed by atoms with Crippen LogP contribution in [0.2, 0.25) is 0 Å². The van der Waals surface area contributed by atoms with Crippen molar-refractivity contribution < 1.29 is 4.39 Å². The maximum absolute atomic E-state index is 13.0. The largest absolute Gasteiger partial charge is 0.271 e. The Bertz CT molecular complexity index is 408. The first kappa shape index (κ1) is 15.5. The molecule has 112 valence electrons. The molecule has 1 aliphatic carbocycles. The molecule has 1 atom stereocenters. The number of hydrogen-bond donors (Lipinski definition) is 2. The molecule has 0 amide bonds. The molecule has 1 aromatic carbocycles. The molecule has 3 heteroatoms. The van der Waals surface area contributed by atoms with E-state index in [1.165, 1.54) is 44.2 Å². The van der Waals surface area contributed by atoms with Gasteiger partial charge in [0.25, 0.3) is 0 Å². The van der Waals surface area contributed by atoms with Crippen LogP contribution in [0.5, 0.6) is 0 Å². The van der Waals surface area contributed by atoms with E-state index in [9.17, 15) is 4.39 Å². The normalized spacial score (nSPS) is 19.4. The van der Waals surface area contributed by atoms with Crippen molar-refractivity contribution in [1.29, 1.82) is 0 Å². The molecule has 20 heavy (non-hydrogen) atoms. The van der Waals surface area contributed by atoms with Crippen molar-refractivity contribution in [2.24, 2.45) is 17.2 Å². The van der Waals surface area contributed by atoms with E-state index in [2.05, 4.69) is 19.3 Å². The van der Waals surface area contributed by atoms with Gasteiger partial charge in [0.2, 0.25) is 0 Å². The summed E-state index contributed by atoms with van der Waals surface area (Å²) in [7, 11) is 0. The topological polar surface area (TPSA) is 38.0 Å². The number of nitrogens with one attached hydrogen (secondary N) is 1. The van der Waals surface area contributed by atoms with E-state index in [4.69, 9.17) is 5.84 Å². The molecule has 3 N–H and O–H groups in total. The second kappa shape index (κ2) is 6.68. The molecule has 2 rings (SSSR count). The van der Waals surface area contributed by atoms with Crippen LogP contribution in [0.25, 0.3) is 0 Å². The van der Waals surface area contributed by atoms with Crippen LogP contribution >= 0.6 is 0 Å². The van der Waals surface area contributed by atoms with Gasteiger partial charge in [-0.1, -0.05) is 38.8 Å². The summed E-state index contributed by atoms with van der Waals surface area (Å²) in [6, 6.07) is 7.09. The van der Waals surface area contributed by atoms with Crippen LogP contribution in [0, 0.1) is 17.2 Å². The van der Waals surface area contributed by atoms with E-state index in [0.29, 0.717) is 11.3 Å².